The van der Waals surface area contributed by atoms with Crippen molar-refractivity contribution in [3.63, 3.8) is 0 Å². The van der Waals surface area contributed by atoms with Gasteiger partial charge in [0.1, 0.15) is 17.9 Å². The Morgan fingerprint density at radius 3 is 1.58 bits per heavy atom. The van der Waals surface area contributed by atoms with Crippen LogP contribution in [0.3, 0.4) is 0 Å². The summed E-state index contributed by atoms with van der Waals surface area (Å²) in [4.78, 5) is 10.8. The van der Waals surface area contributed by atoms with Crippen LogP contribution in [0.15, 0.2) is 66.3 Å². The predicted molar refractivity (Wildman–Crippen MR) is 93.5 cm³/mol. The second-order valence-electron chi connectivity index (χ2n) is 6.55. The molecule has 0 atom stereocenters. The molecule has 0 amide bonds. The van der Waals surface area contributed by atoms with E-state index in [0.29, 0.717) is 0 Å². The van der Waals surface area contributed by atoms with Crippen molar-refractivity contribution >= 4 is 11.9 Å². The second kappa shape index (κ2) is 7.35. The number of hydrogen-bond donors (Lipinski definition) is 0. The Balaban J connectivity index is 2.79. The highest BCUT2D eigenvalue weighted by Gasteiger charge is 2.21. The van der Waals surface area contributed by atoms with Crippen molar-refractivity contribution in [2.24, 2.45) is 5.41 Å². The van der Waals surface area contributed by atoms with E-state index in [-0.39, 0.29) is 17.0 Å². The van der Waals surface area contributed by atoms with Gasteiger partial charge in [-0.05, 0) is 58.0 Å². The third-order valence-electron chi connectivity index (χ3n) is 3.68. The lowest BCUT2D eigenvalue weighted by atomic mass is 9.79. The number of halogens is 2. The lowest BCUT2D eigenvalue weighted by molar-refractivity contribution is -0.104. The zero-order chi connectivity index (χ0) is 17.7. The van der Waals surface area contributed by atoms with Crippen molar-refractivity contribution in [2.45, 2.75) is 20.8 Å². The smallest absolute Gasteiger partial charge is 0.142 e. The molecule has 0 saturated carbocycles. The molecule has 2 rings (SSSR count). The van der Waals surface area contributed by atoms with Gasteiger partial charge >= 0.3 is 0 Å². The van der Waals surface area contributed by atoms with E-state index in [1.165, 1.54) is 30.3 Å². The molecule has 2 aromatic carbocycles. The molecule has 0 saturated heterocycles. The molecule has 0 aliphatic heterocycles. The standard InChI is InChI=1S/C21H20F2O/c1-21(2,3)19(5-4-14-24)20(15-6-10-17(22)11-7-15)16-8-12-18(23)13-9-16/h4-14H,1-3H3/b5-4+. The molecule has 0 fully saturated rings. The summed E-state index contributed by atoms with van der Waals surface area (Å²) in [6, 6.07) is 12.3. The van der Waals surface area contributed by atoms with Gasteiger partial charge in [0.2, 0.25) is 0 Å². The number of aldehydes is 1. The maximum Gasteiger partial charge on any atom is 0.142 e. The summed E-state index contributed by atoms with van der Waals surface area (Å²) in [6.45, 7) is 6.10. The third kappa shape index (κ3) is 4.25. The van der Waals surface area contributed by atoms with Gasteiger partial charge in [-0.2, -0.15) is 0 Å². The Labute approximate surface area is 141 Å². The monoisotopic (exact) mass is 326 g/mol. The van der Waals surface area contributed by atoms with Crippen LogP contribution in [0.2, 0.25) is 0 Å². The quantitative estimate of drug-likeness (QED) is 0.408. The molecule has 0 bridgehead atoms. The summed E-state index contributed by atoms with van der Waals surface area (Å²) in [6.07, 6.45) is 3.92. The van der Waals surface area contributed by atoms with Crippen LogP contribution in [-0.4, -0.2) is 6.29 Å². The molecule has 24 heavy (non-hydrogen) atoms. The summed E-state index contributed by atoms with van der Waals surface area (Å²) >= 11 is 0. The molecule has 0 aliphatic rings. The maximum atomic E-state index is 13.3. The zero-order valence-corrected chi connectivity index (χ0v) is 14.0. The van der Waals surface area contributed by atoms with E-state index in [4.69, 9.17) is 0 Å². The number of hydrogen-bond acceptors (Lipinski definition) is 1. The SMILES string of the molecule is CC(C)(C)C(/C=C/C=O)=C(c1ccc(F)cc1)c1ccc(F)cc1. The first-order valence-electron chi connectivity index (χ1n) is 7.71. The fourth-order valence-corrected chi connectivity index (χ4v) is 2.55. The molecule has 3 heteroatoms. The first-order valence-corrected chi connectivity index (χ1v) is 7.71. The third-order valence-corrected chi connectivity index (χ3v) is 3.68. The van der Waals surface area contributed by atoms with Gasteiger partial charge < -0.3 is 0 Å². The number of carbonyl (C=O) groups is 1. The lowest BCUT2D eigenvalue weighted by Gasteiger charge is -2.25. The van der Waals surface area contributed by atoms with Gasteiger partial charge in [0, 0.05) is 0 Å². The van der Waals surface area contributed by atoms with Gasteiger partial charge in [0.25, 0.3) is 0 Å². The molecule has 2 aromatic rings. The van der Waals surface area contributed by atoms with Crippen molar-refractivity contribution < 1.29 is 13.6 Å². The average Bonchev–Trinajstić information content (AvgIpc) is 2.53. The normalized spacial score (nSPS) is 11.5. The van der Waals surface area contributed by atoms with E-state index in [1.54, 1.807) is 30.3 Å². The Morgan fingerprint density at radius 2 is 1.25 bits per heavy atom. The summed E-state index contributed by atoms with van der Waals surface area (Å²) in [5, 5.41) is 0. The van der Waals surface area contributed by atoms with Gasteiger partial charge in [0.15, 0.2) is 0 Å². The van der Waals surface area contributed by atoms with Crippen molar-refractivity contribution in [2.75, 3.05) is 0 Å². The Kier molecular flexibility index (Phi) is 5.45. The minimum Gasteiger partial charge on any atom is -0.299 e. The van der Waals surface area contributed by atoms with Crippen LogP contribution in [0.5, 0.6) is 0 Å². The molecule has 0 spiro atoms. The second-order valence-corrected chi connectivity index (χ2v) is 6.55. The highest BCUT2D eigenvalue weighted by Crippen LogP contribution is 2.37. The fourth-order valence-electron chi connectivity index (χ4n) is 2.55. The summed E-state index contributed by atoms with van der Waals surface area (Å²) in [5.41, 5.74) is 3.11. The van der Waals surface area contributed by atoms with E-state index in [2.05, 4.69) is 0 Å². The zero-order valence-electron chi connectivity index (χ0n) is 14.0. The van der Waals surface area contributed by atoms with Gasteiger partial charge in [0.05, 0.1) is 0 Å². The van der Waals surface area contributed by atoms with E-state index < -0.39 is 0 Å². The largest absolute Gasteiger partial charge is 0.299 e. The number of benzene rings is 2. The Hall–Kier alpha value is -2.55. The summed E-state index contributed by atoms with van der Waals surface area (Å²) in [7, 11) is 0. The number of rotatable bonds is 4. The first-order chi connectivity index (χ1) is 11.3. The Morgan fingerprint density at radius 1 is 0.833 bits per heavy atom. The molecule has 0 aromatic heterocycles. The van der Waals surface area contributed by atoms with E-state index in [1.807, 2.05) is 20.8 Å². The van der Waals surface area contributed by atoms with Crippen LogP contribution < -0.4 is 0 Å². The molecule has 0 N–H and O–H groups in total. The van der Waals surface area contributed by atoms with E-state index >= 15 is 0 Å². The van der Waals surface area contributed by atoms with Crippen LogP contribution in [0, 0.1) is 17.0 Å². The Bertz CT molecular complexity index is 713. The molecule has 1 nitrogen and oxygen atoms in total. The number of carbonyl (C=O) groups excluding carboxylic acids is 1. The fraction of sp³-hybridized carbons (Fsp3) is 0.190. The van der Waals surface area contributed by atoms with Crippen molar-refractivity contribution in [3.05, 3.63) is 89.0 Å². The maximum absolute atomic E-state index is 13.3. The van der Waals surface area contributed by atoms with Crippen LogP contribution in [0.25, 0.3) is 5.57 Å². The molecule has 0 radical (unpaired) electrons. The van der Waals surface area contributed by atoms with Gasteiger partial charge in [-0.15, -0.1) is 0 Å². The first kappa shape index (κ1) is 17.8. The molecule has 0 aliphatic carbocycles. The van der Waals surface area contributed by atoms with Crippen LogP contribution >= 0.6 is 0 Å². The molecule has 124 valence electrons. The van der Waals surface area contributed by atoms with E-state index in [9.17, 15) is 13.6 Å². The van der Waals surface area contributed by atoms with Crippen LogP contribution in [0.4, 0.5) is 8.78 Å². The van der Waals surface area contributed by atoms with Crippen LogP contribution in [-0.2, 0) is 4.79 Å². The van der Waals surface area contributed by atoms with Crippen LogP contribution in [0.1, 0.15) is 31.9 Å². The highest BCUT2D eigenvalue weighted by atomic mass is 19.1. The van der Waals surface area contributed by atoms with Gasteiger partial charge in [-0.1, -0.05) is 51.1 Å². The predicted octanol–water partition coefficient (Wildman–Crippen LogP) is 5.57. The summed E-state index contributed by atoms with van der Waals surface area (Å²) in [5.74, 6) is -0.643. The van der Waals surface area contributed by atoms with Crippen molar-refractivity contribution in [3.8, 4) is 0 Å². The topological polar surface area (TPSA) is 17.1 Å². The van der Waals surface area contributed by atoms with E-state index in [0.717, 1.165) is 28.6 Å². The lowest BCUT2D eigenvalue weighted by Crippen LogP contribution is -2.11. The van der Waals surface area contributed by atoms with Gasteiger partial charge in [-0.3, -0.25) is 4.79 Å². The minimum atomic E-state index is -0.321. The number of allylic oxidation sites excluding steroid dienone is 3. The molecule has 0 unspecified atom stereocenters. The molecular weight excluding hydrogens is 306 g/mol. The molecular formula is C21H20F2O. The van der Waals surface area contributed by atoms with Crippen molar-refractivity contribution in [1.29, 1.82) is 0 Å². The highest BCUT2D eigenvalue weighted by molar-refractivity contribution is 5.85. The minimum absolute atomic E-state index is 0.266. The summed E-state index contributed by atoms with van der Waals surface area (Å²) < 4.78 is 26.6. The average molecular weight is 326 g/mol. The van der Waals surface area contributed by atoms with Crippen molar-refractivity contribution in [1.82, 2.24) is 0 Å². The van der Waals surface area contributed by atoms with Gasteiger partial charge in [-0.25, -0.2) is 8.78 Å². The molecule has 0 heterocycles.